The third-order valence-electron chi connectivity index (χ3n) is 11.7. The number of para-hydroxylation sites is 4. The van der Waals surface area contributed by atoms with Crippen molar-refractivity contribution >= 4 is 82.4 Å². The average Bonchev–Trinajstić information content (AvgIpc) is 3.88. The Hall–Kier alpha value is -7.88. The van der Waals surface area contributed by atoms with E-state index >= 15 is 0 Å². The minimum atomic E-state index is -0.154. The molecular weight excluding hydrogens is 717 g/mol. The lowest BCUT2D eigenvalue weighted by Crippen LogP contribution is -2.11. The lowest BCUT2D eigenvalue weighted by atomic mass is 9.94. The molecule has 59 heavy (non-hydrogen) atoms. The van der Waals surface area contributed by atoms with Crippen molar-refractivity contribution in [1.29, 1.82) is 0 Å². The highest BCUT2D eigenvalue weighted by molar-refractivity contribution is 6.19. The molecule has 0 N–H and O–H groups in total. The Labute approximate surface area is 346 Å². The van der Waals surface area contributed by atoms with Crippen molar-refractivity contribution in [1.82, 2.24) is 4.57 Å². The van der Waals surface area contributed by atoms with E-state index in [4.69, 9.17) is 4.42 Å². The second-order valence-electron chi connectivity index (χ2n) is 14.9. The number of hydrogen-bond donors (Lipinski definition) is 0. The molecule has 0 saturated carbocycles. The first-order chi connectivity index (χ1) is 31.0. The minimum absolute atomic E-state index is 0.137. The maximum atomic E-state index is 9.90. The monoisotopic (exact) mass is 756 g/mol. The number of furan rings is 1. The van der Waals surface area contributed by atoms with Crippen molar-refractivity contribution in [2.45, 2.75) is 0 Å². The van der Waals surface area contributed by atoms with E-state index in [0.29, 0.717) is 11.4 Å². The van der Waals surface area contributed by atoms with Gasteiger partial charge in [-0.25, -0.2) is 0 Å². The predicted molar refractivity (Wildman–Crippen MR) is 249 cm³/mol. The number of nitrogens with zero attached hydrogens (tertiary/aromatic N) is 2. The van der Waals surface area contributed by atoms with Crippen molar-refractivity contribution < 1.29 is 9.90 Å². The van der Waals surface area contributed by atoms with Crippen molar-refractivity contribution in [3.8, 4) is 27.9 Å². The average molecular weight is 757 g/mol. The van der Waals surface area contributed by atoms with Gasteiger partial charge in [0.05, 0.1) is 22.2 Å². The van der Waals surface area contributed by atoms with Crippen LogP contribution in [0.1, 0.15) is 5.48 Å². The molecule has 0 aliphatic heterocycles. The summed E-state index contributed by atoms with van der Waals surface area (Å²) in [4.78, 5) is 1.90. The van der Waals surface area contributed by atoms with Crippen LogP contribution in [0.5, 0.6) is 0 Å². The SMILES string of the molecule is [2H]c1c([2H])c(-n2c3ccccc3c3ccccc32)c([2H])c([2H])c1N(c1ccc(-c2cccc3ccccc23)cc1)c1ccccc1-c1cccc2ccc3c4ccccc4oc3c12. The van der Waals surface area contributed by atoms with Gasteiger partial charge in [-0.05, 0) is 99.5 Å². The van der Waals surface area contributed by atoms with Gasteiger partial charge in [-0.2, -0.15) is 0 Å². The minimum Gasteiger partial charge on any atom is -0.455 e. The Morgan fingerprint density at radius 1 is 0.407 bits per heavy atom. The molecule has 276 valence electrons. The molecule has 2 heterocycles. The molecule has 0 bridgehead atoms. The van der Waals surface area contributed by atoms with Gasteiger partial charge in [-0.15, -0.1) is 0 Å². The Morgan fingerprint density at radius 3 is 1.78 bits per heavy atom. The van der Waals surface area contributed by atoms with Gasteiger partial charge in [0.1, 0.15) is 11.2 Å². The van der Waals surface area contributed by atoms with Crippen LogP contribution in [0.4, 0.5) is 17.1 Å². The predicted octanol–water partition coefficient (Wildman–Crippen LogP) is 15.8. The van der Waals surface area contributed by atoms with Gasteiger partial charge in [-0.1, -0.05) is 152 Å². The number of aromatic nitrogens is 1. The molecule has 3 heteroatoms. The molecule has 0 saturated heterocycles. The standard InChI is InChI=1S/C56H36N2O/c1-2-16-43-37(13-1)14-11-21-44(43)38-27-30-40(31-28-38)57(41-32-34-42(35-33-41)58-52-24-8-3-17-45(52)46-18-4-9-25-53(46)58)51-23-7-5-19-47(51)49-22-12-15-39-29-36-50-48-20-6-10-26-54(48)59-56(50)55(39)49/h1-36H/i32D,33D,34D,35D. The summed E-state index contributed by atoms with van der Waals surface area (Å²) in [7, 11) is 0. The zero-order valence-corrected chi connectivity index (χ0v) is 31.8. The summed E-state index contributed by atoms with van der Waals surface area (Å²) in [5.74, 6) is 0. The van der Waals surface area contributed by atoms with E-state index in [2.05, 4.69) is 84.9 Å². The second-order valence-corrected chi connectivity index (χ2v) is 14.9. The van der Waals surface area contributed by atoms with Crippen LogP contribution in [-0.4, -0.2) is 4.57 Å². The van der Waals surface area contributed by atoms with Crippen LogP contribution < -0.4 is 4.90 Å². The molecule has 0 spiro atoms. The second kappa shape index (κ2) is 13.4. The first kappa shape index (κ1) is 29.4. The highest BCUT2D eigenvalue weighted by Gasteiger charge is 2.21. The summed E-state index contributed by atoms with van der Waals surface area (Å²) in [6.07, 6.45) is 0. The largest absolute Gasteiger partial charge is 0.455 e. The third kappa shape index (κ3) is 5.29. The summed E-state index contributed by atoms with van der Waals surface area (Å²) in [6, 6.07) is 64.7. The fraction of sp³-hybridized carbons (Fsp3) is 0. The highest BCUT2D eigenvalue weighted by Crippen LogP contribution is 2.46. The first-order valence-electron chi connectivity index (χ1n) is 21.9. The molecule has 0 fully saturated rings. The number of fused-ring (bicyclic) bond motifs is 9. The van der Waals surface area contributed by atoms with Crippen molar-refractivity contribution in [2.75, 3.05) is 4.90 Å². The molecule has 2 aromatic heterocycles. The van der Waals surface area contributed by atoms with Crippen molar-refractivity contribution in [2.24, 2.45) is 0 Å². The van der Waals surface area contributed by atoms with E-state index in [0.717, 1.165) is 87.5 Å². The van der Waals surface area contributed by atoms with E-state index in [9.17, 15) is 5.48 Å². The van der Waals surface area contributed by atoms with Crippen molar-refractivity contribution in [3.05, 3.63) is 218 Å². The summed E-state index contributed by atoms with van der Waals surface area (Å²) in [5.41, 5.74) is 8.82. The summed E-state index contributed by atoms with van der Waals surface area (Å²) in [5, 5.41) is 8.26. The van der Waals surface area contributed by atoms with Crippen LogP contribution in [0.15, 0.2) is 223 Å². The van der Waals surface area contributed by atoms with E-state index in [1.807, 2.05) is 119 Å². The topological polar surface area (TPSA) is 21.3 Å². The number of benzene rings is 10. The molecule has 0 unspecified atom stereocenters. The van der Waals surface area contributed by atoms with Crippen LogP contribution in [0.2, 0.25) is 0 Å². The van der Waals surface area contributed by atoms with Gasteiger partial charge >= 0.3 is 0 Å². The van der Waals surface area contributed by atoms with Gasteiger partial charge < -0.3 is 13.9 Å². The zero-order chi connectivity index (χ0) is 42.3. The molecule has 12 aromatic rings. The van der Waals surface area contributed by atoms with Gasteiger partial charge in [0, 0.05) is 49.6 Å². The number of anilines is 3. The van der Waals surface area contributed by atoms with E-state index < -0.39 is 0 Å². The van der Waals surface area contributed by atoms with Crippen molar-refractivity contribution in [3.63, 3.8) is 0 Å². The summed E-state index contributed by atoms with van der Waals surface area (Å²) in [6.45, 7) is 0. The number of rotatable bonds is 6. The fourth-order valence-corrected chi connectivity index (χ4v) is 9.02. The molecule has 0 aliphatic carbocycles. The van der Waals surface area contributed by atoms with E-state index in [1.54, 1.807) is 0 Å². The van der Waals surface area contributed by atoms with Gasteiger partial charge in [0.25, 0.3) is 0 Å². The van der Waals surface area contributed by atoms with Gasteiger partial charge in [-0.3, -0.25) is 0 Å². The van der Waals surface area contributed by atoms with Crippen LogP contribution in [0, 0.1) is 0 Å². The normalized spacial score (nSPS) is 12.7. The van der Waals surface area contributed by atoms with Gasteiger partial charge in [0.2, 0.25) is 0 Å². The first-order valence-corrected chi connectivity index (χ1v) is 19.9. The Morgan fingerprint density at radius 2 is 1.00 bits per heavy atom. The molecule has 12 rings (SSSR count). The third-order valence-corrected chi connectivity index (χ3v) is 11.7. The van der Waals surface area contributed by atoms with Gasteiger partial charge in [0.15, 0.2) is 0 Å². The van der Waals surface area contributed by atoms with Crippen LogP contribution in [0.3, 0.4) is 0 Å². The number of hydrogen-bond acceptors (Lipinski definition) is 2. The molecule has 10 aromatic carbocycles. The maximum absolute atomic E-state index is 9.90. The molecule has 0 aliphatic rings. The Bertz CT molecular complexity index is 3720. The maximum Gasteiger partial charge on any atom is 0.143 e. The summed E-state index contributed by atoms with van der Waals surface area (Å²) < 4.78 is 47.8. The van der Waals surface area contributed by atoms with Crippen LogP contribution in [0.25, 0.3) is 93.2 Å². The zero-order valence-electron chi connectivity index (χ0n) is 35.8. The molecule has 3 nitrogen and oxygen atoms in total. The Balaban J connectivity index is 1.12. The molecule has 0 amide bonds. The van der Waals surface area contributed by atoms with E-state index in [1.165, 1.54) is 0 Å². The molecular formula is C56H36N2O. The quantitative estimate of drug-likeness (QED) is 0.168. The fourth-order valence-electron chi connectivity index (χ4n) is 9.02. The lowest BCUT2D eigenvalue weighted by molar-refractivity contribution is 0.673. The summed E-state index contributed by atoms with van der Waals surface area (Å²) >= 11 is 0. The van der Waals surface area contributed by atoms with Crippen LogP contribution in [-0.2, 0) is 0 Å². The van der Waals surface area contributed by atoms with E-state index in [-0.39, 0.29) is 35.5 Å². The Kier molecular flexibility index (Phi) is 6.65. The van der Waals surface area contributed by atoms with Crippen LogP contribution >= 0.6 is 0 Å². The molecule has 0 radical (unpaired) electrons. The smallest absolute Gasteiger partial charge is 0.143 e. The lowest BCUT2D eigenvalue weighted by Gasteiger charge is -2.28. The highest BCUT2D eigenvalue weighted by atomic mass is 16.3. The molecule has 0 atom stereocenters.